The first-order chi connectivity index (χ1) is 31.5. The van der Waals surface area contributed by atoms with Crippen LogP contribution < -0.4 is 5.32 Å². The topological polar surface area (TPSA) is 95.9 Å². The number of unbranched alkanes of at least 4 members (excludes halogenated alkanes) is 16. The zero-order chi connectivity index (χ0) is 46.7. The molecule has 1 amide bonds. The van der Waals surface area contributed by atoms with Crippen LogP contribution in [0, 0.1) is 0 Å². The van der Waals surface area contributed by atoms with Crippen LogP contribution in [0.2, 0.25) is 0 Å². The van der Waals surface area contributed by atoms with Gasteiger partial charge in [-0.3, -0.25) is 9.59 Å². The number of ether oxygens (including phenoxy) is 1. The van der Waals surface area contributed by atoms with E-state index in [0.29, 0.717) is 25.7 Å². The fourth-order valence-electron chi connectivity index (χ4n) is 7.02. The molecule has 0 aromatic rings. The van der Waals surface area contributed by atoms with Crippen LogP contribution in [0.5, 0.6) is 0 Å². The summed E-state index contributed by atoms with van der Waals surface area (Å²) < 4.78 is 5.89. The molecule has 0 bridgehead atoms. The Hall–Kier alpha value is -3.74. The Morgan fingerprint density at radius 1 is 0.484 bits per heavy atom. The van der Waals surface area contributed by atoms with Crippen LogP contribution in [0.3, 0.4) is 0 Å². The first kappa shape index (κ1) is 60.3. The van der Waals surface area contributed by atoms with Crippen LogP contribution >= 0.6 is 0 Å². The number of aliphatic hydroxyl groups is 2. The molecule has 0 fully saturated rings. The van der Waals surface area contributed by atoms with Crippen LogP contribution in [-0.4, -0.2) is 46.9 Å². The third kappa shape index (κ3) is 44.9. The van der Waals surface area contributed by atoms with Crippen LogP contribution in [-0.2, 0) is 14.3 Å². The Kier molecular flexibility index (Phi) is 47.3. The third-order valence-corrected chi connectivity index (χ3v) is 10.9. The molecule has 64 heavy (non-hydrogen) atoms. The van der Waals surface area contributed by atoms with Gasteiger partial charge in [0, 0.05) is 6.42 Å². The predicted molar refractivity (Wildman–Crippen MR) is 277 cm³/mol. The van der Waals surface area contributed by atoms with Gasteiger partial charge in [-0.1, -0.05) is 232 Å². The van der Waals surface area contributed by atoms with Gasteiger partial charge in [-0.2, -0.15) is 0 Å². The molecule has 0 aromatic carbocycles. The number of carbonyl (C=O) groups is 2. The number of amides is 1. The van der Waals surface area contributed by atoms with E-state index < -0.39 is 18.2 Å². The molecule has 3 atom stereocenters. The van der Waals surface area contributed by atoms with Crippen molar-refractivity contribution in [1.82, 2.24) is 5.32 Å². The summed E-state index contributed by atoms with van der Waals surface area (Å²) in [6.07, 6.45) is 69.7. The lowest BCUT2D eigenvalue weighted by atomic mass is 10.0. The third-order valence-electron chi connectivity index (χ3n) is 10.9. The smallest absolute Gasteiger partial charge is 0.306 e. The molecule has 0 aliphatic rings. The molecule has 0 rings (SSSR count). The van der Waals surface area contributed by atoms with Crippen molar-refractivity contribution >= 4 is 11.9 Å². The number of allylic oxidation sites excluding steroid dienone is 20. The van der Waals surface area contributed by atoms with Crippen molar-refractivity contribution in [3.05, 3.63) is 122 Å². The summed E-state index contributed by atoms with van der Waals surface area (Å²) in [5.41, 5.74) is 0. The molecule has 0 aromatic heterocycles. The van der Waals surface area contributed by atoms with Crippen molar-refractivity contribution in [2.75, 3.05) is 6.61 Å². The van der Waals surface area contributed by atoms with Gasteiger partial charge >= 0.3 is 5.97 Å². The van der Waals surface area contributed by atoms with E-state index in [2.05, 4.69) is 111 Å². The number of esters is 1. The standard InChI is InChI=1S/C58H95NO5/c1-4-7-10-13-16-19-22-25-27-29-31-33-36-39-42-45-48-51-58(63)64-54(49-46-43-40-37-34-32-30-28-26-23-20-17-14-11-8-5-2)52-57(62)59-55(53-60)56(61)50-47-44-41-38-35-24-21-18-15-12-9-6-3/h7,10-11,14,16-17,19-20,23,25-28,30-34,39,42,54-56,60-61H,4-6,8-9,12-13,15,18,21-22,24,29,35-38,40-41,43-53H2,1-3H3,(H,59,62)/b10-7-,14-11+,19-16-,20-17+,26-23+,27-25-,30-28+,33-31-,34-32+,42-39-. The maximum Gasteiger partial charge on any atom is 0.306 e. The molecule has 0 saturated carbocycles. The van der Waals surface area contributed by atoms with E-state index in [1.54, 1.807) is 0 Å². The zero-order valence-corrected chi connectivity index (χ0v) is 41.1. The van der Waals surface area contributed by atoms with Crippen LogP contribution in [0.1, 0.15) is 207 Å². The molecule has 3 unspecified atom stereocenters. The minimum atomic E-state index is -0.817. The molecule has 0 saturated heterocycles. The Morgan fingerprint density at radius 3 is 1.47 bits per heavy atom. The fourth-order valence-corrected chi connectivity index (χ4v) is 7.02. The molecule has 6 nitrogen and oxygen atoms in total. The van der Waals surface area contributed by atoms with Crippen molar-refractivity contribution in [2.45, 2.75) is 225 Å². The lowest BCUT2D eigenvalue weighted by Crippen LogP contribution is -2.46. The van der Waals surface area contributed by atoms with Crippen LogP contribution in [0.4, 0.5) is 0 Å². The molecular formula is C58H95NO5. The average molecular weight is 886 g/mol. The molecule has 0 aliphatic carbocycles. The minimum absolute atomic E-state index is 0.0186. The monoisotopic (exact) mass is 886 g/mol. The Balaban J connectivity index is 4.82. The van der Waals surface area contributed by atoms with Gasteiger partial charge in [-0.05, 0) is 83.5 Å². The first-order valence-corrected chi connectivity index (χ1v) is 25.8. The normalized spacial score (nSPS) is 14.3. The second-order valence-electron chi connectivity index (χ2n) is 17.0. The Bertz CT molecular complexity index is 1360. The second kappa shape index (κ2) is 50.3. The number of rotatable bonds is 44. The molecule has 0 spiro atoms. The first-order valence-electron chi connectivity index (χ1n) is 25.8. The highest BCUT2D eigenvalue weighted by molar-refractivity contribution is 5.77. The highest BCUT2D eigenvalue weighted by Gasteiger charge is 2.24. The highest BCUT2D eigenvalue weighted by Crippen LogP contribution is 2.16. The summed E-state index contributed by atoms with van der Waals surface area (Å²) in [6, 6.07) is -0.736. The Morgan fingerprint density at radius 2 is 0.938 bits per heavy atom. The summed E-state index contributed by atoms with van der Waals surface area (Å²) in [6.45, 7) is 6.24. The van der Waals surface area contributed by atoms with E-state index in [1.165, 1.54) is 57.8 Å². The van der Waals surface area contributed by atoms with Gasteiger partial charge in [0.1, 0.15) is 6.10 Å². The van der Waals surface area contributed by atoms with Gasteiger partial charge < -0.3 is 20.3 Å². The maximum atomic E-state index is 13.2. The van der Waals surface area contributed by atoms with E-state index >= 15 is 0 Å². The zero-order valence-electron chi connectivity index (χ0n) is 41.1. The van der Waals surface area contributed by atoms with E-state index in [4.69, 9.17) is 4.74 Å². The fraction of sp³-hybridized carbons (Fsp3) is 0.621. The molecule has 0 heterocycles. The van der Waals surface area contributed by atoms with E-state index in [-0.39, 0.29) is 24.9 Å². The summed E-state index contributed by atoms with van der Waals surface area (Å²) in [5.74, 6) is -0.598. The van der Waals surface area contributed by atoms with Gasteiger partial charge in [-0.15, -0.1) is 0 Å². The van der Waals surface area contributed by atoms with E-state index in [1.807, 2.05) is 36.5 Å². The van der Waals surface area contributed by atoms with Gasteiger partial charge in [0.15, 0.2) is 0 Å². The minimum Gasteiger partial charge on any atom is -0.462 e. The predicted octanol–water partition coefficient (Wildman–Crippen LogP) is 15.7. The molecular weight excluding hydrogens is 791 g/mol. The van der Waals surface area contributed by atoms with Crippen molar-refractivity contribution < 1.29 is 24.5 Å². The molecule has 6 heteroatoms. The lowest BCUT2D eigenvalue weighted by Gasteiger charge is -2.24. The molecule has 362 valence electrons. The van der Waals surface area contributed by atoms with E-state index in [0.717, 1.165) is 96.3 Å². The quantitative estimate of drug-likeness (QED) is 0.0245. The van der Waals surface area contributed by atoms with Gasteiger partial charge in [-0.25, -0.2) is 0 Å². The number of aliphatic hydroxyl groups excluding tert-OH is 2. The van der Waals surface area contributed by atoms with Crippen molar-refractivity contribution in [1.29, 1.82) is 0 Å². The molecule has 0 radical (unpaired) electrons. The van der Waals surface area contributed by atoms with E-state index in [9.17, 15) is 19.8 Å². The van der Waals surface area contributed by atoms with Gasteiger partial charge in [0.2, 0.25) is 5.91 Å². The van der Waals surface area contributed by atoms with Crippen LogP contribution in [0.15, 0.2) is 122 Å². The average Bonchev–Trinajstić information content (AvgIpc) is 3.29. The summed E-state index contributed by atoms with van der Waals surface area (Å²) in [5, 5.41) is 23.7. The number of carbonyl (C=O) groups excluding carboxylic acids is 2. The highest BCUT2D eigenvalue weighted by atomic mass is 16.5. The van der Waals surface area contributed by atoms with Crippen LogP contribution in [0.25, 0.3) is 0 Å². The summed E-state index contributed by atoms with van der Waals surface area (Å²) >= 11 is 0. The molecule has 3 N–H and O–H groups in total. The largest absolute Gasteiger partial charge is 0.462 e. The van der Waals surface area contributed by atoms with Crippen molar-refractivity contribution in [2.24, 2.45) is 0 Å². The Labute approximate surface area is 393 Å². The van der Waals surface area contributed by atoms with Gasteiger partial charge in [0.25, 0.3) is 0 Å². The lowest BCUT2D eigenvalue weighted by molar-refractivity contribution is -0.151. The number of nitrogens with one attached hydrogen (secondary N) is 1. The number of hydrogen-bond donors (Lipinski definition) is 3. The van der Waals surface area contributed by atoms with Crippen molar-refractivity contribution in [3.8, 4) is 0 Å². The number of hydrogen-bond acceptors (Lipinski definition) is 5. The van der Waals surface area contributed by atoms with Gasteiger partial charge in [0.05, 0.1) is 25.2 Å². The SMILES string of the molecule is CC/C=C\C/C=C\C/C=C\C/C=C\C/C=C\CCCC(=O)OC(CCCCC/C=C/C=C/C=C/C=C/C=C/CCC)CC(=O)NC(CO)C(O)CCCCCCCCCCCCCC. The maximum absolute atomic E-state index is 13.2. The summed E-state index contributed by atoms with van der Waals surface area (Å²) in [4.78, 5) is 26.1. The van der Waals surface area contributed by atoms with Crippen molar-refractivity contribution in [3.63, 3.8) is 0 Å². The second-order valence-corrected chi connectivity index (χ2v) is 17.0. The summed E-state index contributed by atoms with van der Waals surface area (Å²) in [7, 11) is 0. The molecule has 0 aliphatic heterocycles.